The van der Waals surface area contributed by atoms with Gasteiger partial charge in [-0.25, -0.2) is 9.18 Å². The smallest absolute Gasteiger partial charge is 0.428 e. The van der Waals surface area contributed by atoms with Crippen LogP contribution < -0.4 is 0 Å². The number of nitrogens with zero attached hydrogens (tertiary/aromatic N) is 2. The van der Waals surface area contributed by atoms with Gasteiger partial charge in [-0.05, 0) is 51.0 Å². The Labute approximate surface area is 163 Å². The molecule has 4 nitrogen and oxygen atoms in total. The SMILES string of the molecule is CN=C(SC1CC1c1cc(Br)ccc1F)N(SF)C(=O)OC(C)(C)C. The molecule has 0 radical (unpaired) electrons. The van der Waals surface area contributed by atoms with Crippen LogP contribution in [0.15, 0.2) is 27.7 Å². The van der Waals surface area contributed by atoms with Gasteiger partial charge in [0.05, 0.1) is 0 Å². The molecule has 0 saturated heterocycles. The van der Waals surface area contributed by atoms with Gasteiger partial charge in [0.1, 0.15) is 11.4 Å². The van der Waals surface area contributed by atoms with E-state index in [2.05, 4.69) is 20.9 Å². The van der Waals surface area contributed by atoms with Crippen LogP contribution in [0.2, 0.25) is 0 Å². The van der Waals surface area contributed by atoms with Crippen LogP contribution in [-0.2, 0) is 4.74 Å². The Hall–Kier alpha value is -0.800. The summed E-state index contributed by atoms with van der Waals surface area (Å²) in [6.45, 7) is 5.11. The summed E-state index contributed by atoms with van der Waals surface area (Å²) < 4.78 is 34.1. The zero-order chi connectivity index (χ0) is 18.8. The van der Waals surface area contributed by atoms with Gasteiger partial charge >= 0.3 is 6.09 Å². The Balaban J connectivity index is 2.05. The minimum atomic E-state index is -0.820. The number of halogens is 3. The van der Waals surface area contributed by atoms with Crippen molar-refractivity contribution in [3.05, 3.63) is 34.1 Å². The maximum absolute atomic E-state index is 14.0. The average Bonchev–Trinajstić information content (AvgIpc) is 3.26. The summed E-state index contributed by atoms with van der Waals surface area (Å²) in [4.78, 5) is 16.1. The van der Waals surface area contributed by atoms with Crippen molar-refractivity contribution in [1.29, 1.82) is 0 Å². The molecule has 0 N–H and O–H groups in total. The van der Waals surface area contributed by atoms with Crippen molar-refractivity contribution in [2.24, 2.45) is 4.99 Å². The molecule has 0 heterocycles. The number of thioether (sulfide) groups is 1. The highest BCUT2D eigenvalue weighted by molar-refractivity contribution is 9.10. The van der Waals surface area contributed by atoms with Gasteiger partial charge in [-0.1, -0.05) is 27.7 Å². The molecule has 0 aromatic heterocycles. The Kier molecular flexibility index (Phi) is 6.78. The second kappa shape index (κ2) is 8.26. The summed E-state index contributed by atoms with van der Waals surface area (Å²) in [6, 6.07) is 4.81. The van der Waals surface area contributed by atoms with Crippen LogP contribution in [0.25, 0.3) is 0 Å². The number of hydrogen-bond acceptors (Lipinski definition) is 5. The second-order valence-electron chi connectivity index (χ2n) is 6.51. The number of ether oxygens (including phenoxy) is 1. The second-order valence-corrected chi connectivity index (χ2v) is 9.14. The maximum Gasteiger partial charge on any atom is 0.428 e. The van der Waals surface area contributed by atoms with Crippen molar-refractivity contribution in [2.75, 3.05) is 7.05 Å². The average molecular weight is 453 g/mol. The lowest BCUT2D eigenvalue weighted by atomic mass is 10.1. The number of amidine groups is 1. The third kappa shape index (κ3) is 5.59. The fourth-order valence-electron chi connectivity index (χ4n) is 2.19. The van der Waals surface area contributed by atoms with Gasteiger partial charge in [0.2, 0.25) is 0 Å². The summed E-state index contributed by atoms with van der Waals surface area (Å²) in [5.74, 6) is -0.264. The van der Waals surface area contributed by atoms with Gasteiger partial charge in [-0.2, -0.15) is 4.31 Å². The number of aliphatic imine (C=N–C) groups is 1. The molecule has 2 atom stereocenters. The van der Waals surface area contributed by atoms with Gasteiger partial charge in [-0.15, -0.1) is 3.89 Å². The van der Waals surface area contributed by atoms with E-state index < -0.39 is 11.7 Å². The summed E-state index contributed by atoms with van der Waals surface area (Å²) in [7, 11) is 1.48. The Morgan fingerprint density at radius 2 is 2.12 bits per heavy atom. The molecule has 138 valence electrons. The van der Waals surface area contributed by atoms with Crippen LogP contribution in [-0.4, -0.2) is 33.5 Å². The van der Waals surface area contributed by atoms with E-state index in [-0.39, 0.29) is 34.5 Å². The number of rotatable bonds is 3. The first-order chi connectivity index (χ1) is 11.7. The molecule has 1 aromatic carbocycles. The molecule has 2 rings (SSSR count). The van der Waals surface area contributed by atoms with E-state index >= 15 is 0 Å². The summed E-state index contributed by atoms with van der Waals surface area (Å²) in [6.07, 6.45) is -0.0881. The number of benzene rings is 1. The van der Waals surface area contributed by atoms with Crippen molar-refractivity contribution in [3.8, 4) is 0 Å². The molecule has 0 aliphatic heterocycles. The first kappa shape index (κ1) is 20.5. The lowest BCUT2D eigenvalue weighted by Gasteiger charge is -2.24. The molecular formula is C16H19BrF2N2O2S2. The molecule has 9 heteroatoms. The zero-order valence-corrected chi connectivity index (χ0v) is 17.5. The minimum absolute atomic E-state index is 0.00403. The van der Waals surface area contributed by atoms with Crippen molar-refractivity contribution in [1.82, 2.24) is 4.31 Å². The largest absolute Gasteiger partial charge is 0.443 e. The summed E-state index contributed by atoms with van der Waals surface area (Å²) >= 11 is 4.34. The van der Waals surface area contributed by atoms with E-state index in [0.717, 1.165) is 15.2 Å². The van der Waals surface area contributed by atoms with Gasteiger partial charge < -0.3 is 4.74 Å². The van der Waals surface area contributed by atoms with Crippen LogP contribution in [0, 0.1) is 5.82 Å². The van der Waals surface area contributed by atoms with Gasteiger partial charge in [-0.3, -0.25) is 4.99 Å². The number of carbonyl (C=O) groups is 1. The molecule has 1 aliphatic carbocycles. The molecule has 0 bridgehead atoms. The van der Waals surface area contributed by atoms with Gasteiger partial charge in [0.25, 0.3) is 0 Å². The van der Waals surface area contributed by atoms with Crippen LogP contribution in [0.3, 0.4) is 0 Å². The Bertz CT molecular complexity index is 683. The molecule has 1 aliphatic rings. The topological polar surface area (TPSA) is 41.9 Å². The molecule has 1 fully saturated rings. The first-order valence-corrected chi connectivity index (χ1v) is 9.91. The van der Waals surface area contributed by atoms with E-state index in [4.69, 9.17) is 4.74 Å². The predicted octanol–water partition coefficient (Wildman–Crippen LogP) is 5.93. The van der Waals surface area contributed by atoms with E-state index in [1.54, 1.807) is 32.9 Å². The summed E-state index contributed by atoms with van der Waals surface area (Å²) in [5, 5.41) is 0.226. The maximum atomic E-state index is 14.0. The zero-order valence-electron chi connectivity index (χ0n) is 14.3. The predicted molar refractivity (Wildman–Crippen MR) is 103 cm³/mol. The quantitative estimate of drug-likeness (QED) is 0.323. The van der Waals surface area contributed by atoms with Gasteiger partial charge in [0, 0.05) is 22.7 Å². The van der Waals surface area contributed by atoms with E-state index in [0.29, 0.717) is 5.56 Å². The van der Waals surface area contributed by atoms with Crippen LogP contribution in [0.4, 0.5) is 13.1 Å². The lowest BCUT2D eigenvalue weighted by Crippen LogP contribution is -2.35. The third-order valence-corrected chi connectivity index (χ3v) is 5.81. The fourth-order valence-corrected chi connectivity index (χ4v) is 4.18. The normalized spacial score (nSPS) is 20.4. The molecule has 25 heavy (non-hydrogen) atoms. The molecule has 2 unspecified atom stereocenters. The fraction of sp³-hybridized carbons (Fsp3) is 0.500. The lowest BCUT2D eigenvalue weighted by molar-refractivity contribution is 0.0474. The molecule has 1 amide bonds. The highest BCUT2D eigenvalue weighted by Crippen LogP contribution is 2.51. The molecule has 1 saturated carbocycles. The highest BCUT2D eigenvalue weighted by atomic mass is 79.9. The van der Waals surface area contributed by atoms with Crippen LogP contribution in [0.1, 0.15) is 38.7 Å². The standard InChI is InChI=1S/C16H19BrF2N2O2S2/c1-16(2,3)23-15(22)21(25-19)14(20-4)24-13-8-11(13)10-7-9(17)5-6-12(10)18/h5-7,11,13H,8H2,1-4H3. The third-order valence-electron chi connectivity index (χ3n) is 3.34. The van der Waals surface area contributed by atoms with Crippen molar-refractivity contribution in [3.63, 3.8) is 0 Å². The van der Waals surface area contributed by atoms with Crippen molar-refractivity contribution >= 4 is 51.3 Å². The minimum Gasteiger partial charge on any atom is -0.443 e. The van der Waals surface area contributed by atoms with Crippen LogP contribution in [0.5, 0.6) is 0 Å². The Morgan fingerprint density at radius 1 is 1.44 bits per heavy atom. The molecular weight excluding hydrogens is 434 g/mol. The number of amides is 1. The van der Waals surface area contributed by atoms with E-state index in [9.17, 15) is 13.1 Å². The van der Waals surface area contributed by atoms with Crippen LogP contribution >= 0.6 is 40.0 Å². The monoisotopic (exact) mass is 452 g/mol. The van der Waals surface area contributed by atoms with Crippen molar-refractivity contribution < 1.29 is 17.8 Å². The van der Waals surface area contributed by atoms with E-state index in [1.165, 1.54) is 24.9 Å². The number of hydrogen-bond donors (Lipinski definition) is 0. The highest BCUT2D eigenvalue weighted by Gasteiger charge is 2.43. The summed E-state index contributed by atoms with van der Waals surface area (Å²) in [5.41, 5.74) is -0.130. The first-order valence-electron chi connectivity index (χ1n) is 7.56. The number of carbonyl (C=O) groups excluding carboxylic acids is 1. The van der Waals surface area contributed by atoms with Crippen molar-refractivity contribution in [2.45, 2.75) is 44.0 Å². The van der Waals surface area contributed by atoms with Gasteiger partial charge in [0.15, 0.2) is 17.5 Å². The molecule has 0 spiro atoms. The molecule has 1 aromatic rings. The Morgan fingerprint density at radius 3 is 2.68 bits per heavy atom. The van der Waals surface area contributed by atoms with E-state index in [1.807, 2.05) is 0 Å².